The number of carboxylic acid groups (broad SMARTS) is 1. The van der Waals surface area contributed by atoms with Crippen molar-refractivity contribution < 1.29 is 9.90 Å². The molecular weight excluding hydrogens is 283 g/mol. The molecule has 15 heavy (non-hydrogen) atoms. The van der Waals surface area contributed by atoms with Gasteiger partial charge in [-0.1, -0.05) is 27.5 Å². The molecule has 1 amide bonds. The predicted octanol–water partition coefficient (Wildman–Crippen LogP) is 2.78. The van der Waals surface area contributed by atoms with Gasteiger partial charge in [0.1, 0.15) is 0 Å². The van der Waals surface area contributed by atoms with E-state index in [4.69, 9.17) is 16.7 Å². The number of anilines is 1. The van der Waals surface area contributed by atoms with E-state index in [1.807, 2.05) is 12.1 Å². The molecule has 0 atom stereocenters. The van der Waals surface area contributed by atoms with Gasteiger partial charge in [0, 0.05) is 17.6 Å². The quantitative estimate of drug-likeness (QED) is 0.748. The summed E-state index contributed by atoms with van der Waals surface area (Å²) in [4.78, 5) is 10.2. The van der Waals surface area contributed by atoms with Crippen molar-refractivity contribution in [1.82, 2.24) is 5.32 Å². The number of benzene rings is 1. The first-order valence-corrected chi connectivity index (χ1v) is 5.42. The summed E-state index contributed by atoms with van der Waals surface area (Å²) in [5.74, 6) is 0. The van der Waals surface area contributed by atoms with Gasteiger partial charge in [-0.2, -0.15) is 0 Å². The molecule has 1 aromatic rings. The summed E-state index contributed by atoms with van der Waals surface area (Å²) < 4.78 is 0.904. The Morgan fingerprint density at radius 3 is 2.80 bits per heavy atom. The van der Waals surface area contributed by atoms with Crippen LogP contribution in [-0.2, 0) is 0 Å². The maximum Gasteiger partial charge on any atom is 0.404 e. The molecule has 1 aromatic carbocycles. The molecular formula is C9H10BrClN2O2. The molecule has 0 radical (unpaired) electrons. The van der Waals surface area contributed by atoms with Gasteiger partial charge in [0.25, 0.3) is 0 Å². The van der Waals surface area contributed by atoms with Crippen LogP contribution in [0, 0.1) is 0 Å². The minimum atomic E-state index is -1.03. The van der Waals surface area contributed by atoms with E-state index in [9.17, 15) is 4.79 Å². The average Bonchev–Trinajstić information content (AvgIpc) is 2.14. The van der Waals surface area contributed by atoms with E-state index >= 15 is 0 Å². The third-order valence-electron chi connectivity index (χ3n) is 1.65. The van der Waals surface area contributed by atoms with Gasteiger partial charge >= 0.3 is 6.09 Å². The van der Waals surface area contributed by atoms with Gasteiger partial charge in [0.2, 0.25) is 0 Å². The van der Waals surface area contributed by atoms with Gasteiger partial charge in [0.05, 0.1) is 10.7 Å². The summed E-state index contributed by atoms with van der Waals surface area (Å²) in [6.07, 6.45) is -1.03. The molecule has 0 unspecified atom stereocenters. The number of hydrogen-bond donors (Lipinski definition) is 3. The Morgan fingerprint density at radius 1 is 1.47 bits per heavy atom. The summed E-state index contributed by atoms with van der Waals surface area (Å²) in [7, 11) is 0. The van der Waals surface area contributed by atoms with Crippen molar-refractivity contribution in [1.29, 1.82) is 0 Å². The minimum Gasteiger partial charge on any atom is -0.465 e. The van der Waals surface area contributed by atoms with E-state index in [0.717, 1.165) is 10.2 Å². The van der Waals surface area contributed by atoms with Crippen LogP contribution in [0.4, 0.5) is 10.5 Å². The van der Waals surface area contributed by atoms with E-state index in [1.54, 1.807) is 6.07 Å². The molecule has 0 saturated heterocycles. The van der Waals surface area contributed by atoms with E-state index in [-0.39, 0.29) is 0 Å². The summed E-state index contributed by atoms with van der Waals surface area (Å²) in [6.45, 7) is 0.829. The molecule has 1 rings (SSSR count). The Kier molecular flexibility index (Phi) is 4.71. The lowest BCUT2D eigenvalue weighted by molar-refractivity contribution is 0.195. The molecule has 0 heterocycles. The lowest BCUT2D eigenvalue weighted by Crippen LogP contribution is -2.26. The Bertz CT molecular complexity index is 360. The SMILES string of the molecule is O=C(O)NCCNc1ccc(Br)cc1Cl. The zero-order chi connectivity index (χ0) is 11.3. The van der Waals surface area contributed by atoms with E-state index < -0.39 is 6.09 Å². The van der Waals surface area contributed by atoms with Crippen molar-refractivity contribution in [2.75, 3.05) is 18.4 Å². The standard InChI is InChI=1S/C9H10BrClN2O2/c10-6-1-2-8(7(11)5-6)12-3-4-13-9(14)15/h1-2,5,12-13H,3-4H2,(H,14,15). The van der Waals surface area contributed by atoms with Gasteiger partial charge < -0.3 is 15.7 Å². The van der Waals surface area contributed by atoms with Crippen molar-refractivity contribution in [2.24, 2.45) is 0 Å². The number of amides is 1. The van der Waals surface area contributed by atoms with Gasteiger partial charge in [-0.3, -0.25) is 0 Å². The van der Waals surface area contributed by atoms with Gasteiger partial charge in [-0.05, 0) is 18.2 Å². The van der Waals surface area contributed by atoms with Crippen LogP contribution in [0.1, 0.15) is 0 Å². The second-order valence-electron chi connectivity index (χ2n) is 2.78. The fourth-order valence-electron chi connectivity index (χ4n) is 0.999. The summed E-state index contributed by atoms with van der Waals surface area (Å²) in [6, 6.07) is 5.46. The summed E-state index contributed by atoms with van der Waals surface area (Å²) in [5.41, 5.74) is 0.784. The molecule has 0 bridgehead atoms. The number of rotatable bonds is 4. The van der Waals surface area contributed by atoms with Crippen molar-refractivity contribution in [3.63, 3.8) is 0 Å². The van der Waals surface area contributed by atoms with Crippen molar-refractivity contribution in [3.05, 3.63) is 27.7 Å². The van der Waals surface area contributed by atoms with Crippen LogP contribution < -0.4 is 10.6 Å². The molecule has 4 nitrogen and oxygen atoms in total. The van der Waals surface area contributed by atoms with Crippen molar-refractivity contribution in [3.8, 4) is 0 Å². The third-order valence-corrected chi connectivity index (χ3v) is 2.45. The Labute approximate surface area is 101 Å². The molecule has 82 valence electrons. The first-order valence-electron chi connectivity index (χ1n) is 4.25. The number of carbonyl (C=O) groups is 1. The molecule has 0 aromatic heterocycles. The summed E-state index contributed by atoms with van der Waals surface area (Å²) in [5, 5.41) is 14.2. The fraction of sp³-hybridized carbons (Fsp3) is 0.222. The van der Waals surface area contributed by atoms with Crippen LogP contribution >= 0.6 is 27.5 Å². The molecule has 0 saturated carbocycles. The number of hydrogen-bond acceptors (Lipinski definition) is 2. The van der Waals surface area contributed by atoms with Gasteiger partial charge in [-0.15, -0.1) is 0 Å². The maximum atomic E-state index is 10.2. The molecule has 6 heteroatoms. The first-order chi connectivity index (χ1) is 7.09. The Morgan fingerprint density at radius 2 is 2.20 bits per heavy atom. The zero-order valence-electron chi connectivity index (χ0n) is 7.76. The average molecular weight is 294 g/mol. The van der Waals surface area contributed by atoms with Crippen LogP contribution in [0.5, 0.6) is 0 Å². The molecule has 3 N–H and O–H groups in total. The predicted molar refractivity (Wildman–Crippen MR) is 63.7 cm³/mol. The largest absolute Gasteiger partial charge is 0.465 e. The molecule has 0 aliphatic heterocycles. The lowest BCUT2D eigenvalue weighted by Gasteiger charge is -2.08. The van der Waals surface area contributed by atoms with Crippen LogP contribution in [0.25, 0.3) is 0 Å². The normalized spacial score (nSPS) is 9.73. The van der Waals surface area contributed by atoms with Crippen LogP contribution in [0.3, 0.4) is 0 Å². The maximum absolute atomic E-state index is 10.2. The van der Waals surface area contributed by atoms with Crippen LogP contribution in [0.2, 0.25) is 5.02 Å². The van der Waals surface area contributed by atoms with E-state index in [1.165, 1.54) is 0 Å². The second-order valence-corrected chi connectivity index (χ2v) is 4.11. The van der Waals surface area contributed by atoms with Gasteiger partial charge in [-0.25, -0.2) is 4.79 Å². The first kappa shape index (κ1) is 12.1. The Balaban J connectivity index is 2.40. The van der Waals surface area contributed by atoms with Crippen molar-refractivity contribution >= 4 is 39.3 Å². The monoisotopic (exact) mass is 292 g/mol. The highest BCUT2D eigenvalue weighted by Crippen LogP contribution is 2.25. The zero-order valence-corrected chi connectivity index (χ0v) is 10.1. The van der Waals surface area contributed by atoms with Gasteiger partial charge in [0.15, 0.2) is 0 Å². The molecule has 0 fully saturated rings. The highest BCUT2D eigenvalue weighted by Gasteiger charge is 2.00. The Hall–Kier alpha value is -0.940. The number of nitrogens with one attached hydrogen (secondary N) is 2. The van der Waals surface area contributed by atoms with E-state index in [2.05, 4.69) is 26.6 Å². The second kappa shape index (κ2) is 5.82. The number of halogens is 2. The molecule has 0 aliphatic rings. The van der Waals surface area contributed by atoms with E-state index in [0.29, 0.717) is 18.1 Å². The molecule has 0 spiro atoms. The summed E-state index contributed by atoms with van der Waals surface area (Å²) >= 11 is 9.24. The van der Waals surface area contributed by atoms with Crippen LogP contribution in [0.15, 0.2) is 22.7 Å². The third kappa shape index (κ3) is 4.40. The smallest absolute Gasteiger partial charge is 0.404 e. The van der Waals surface area contributed by atoms with Crippen molar-refractivity contribution in [2.45, 2.75) is 0 Å². The topological polar surface area (TPSA) is 61.4 Å². The minimum absolute atomic E-state index is 0.335. The highest BCUT2D eigenvalue weighted by molar-refractivity contribution is 9.10. The highest BCUT2D eigenvalue weighted by atomic mass is 79.9. The molecule has 0 aliphatic carbocycles. The lowest BCUT2D eigenvalue weighted by atomic mass is 10.3. The fourth-order valence-corrected chi connectivity index (χ4v) is 1.74. The van der Waals surface area contributed by atoms with Crippen LogP contribution in [-0.4, -0.2) is 24.3 Å².